The first-order valence-electron chi connectivity index (χ1n) is 7.29. The molecular weight excluding hydrogens is 266 g/mol. The van der Waals surface area contributed by atoms with E-state index in [4.69, 9.17) is 14.2 Å². The second-order valence-corrected chi connectivity index (χ2v) is 5.26. The molecule has 4 heteroatoms. The average Bonchev–Trinajstić information content (AvgIpc) is 2.49. The minimum atomic E-state index is 0.422. The molecule has 0 fully saturated rings. The van der Waals surface area contributed by atoms with Gasteiger partial charge in [0.05, 0.1) is 14.2 Å². The second kappa shape index (κ2) is 8.57. The zero-order valence-electron chi connectivity index (χ0n) is 13.8. The van der Waals surface area contributed by atoms with Gasteiger partial charge in [-0.1, -0.05) is 27.4 Å². The Kier molecular flexibility index (Phi) is 7.09. The molecule has 0 heterocycles. The van der Waals surface area contributed by atoms with Crippen molar-refractivity contribution in [2.75, 3.05) is 20.8 Å². The molecular formula is C17H27NO3. The maximum atomic E-state index is 5.81. The molecule has 1 aromatic rings. The molecule has 0 saturated carbocycles. The van der Waals surface area contributed by atoms with Crippen molar-refractivity contribution < 1.29 is 14.2 Å². The van der Waals surface area contributed by atoms with Gasteiger partial charge in [0.15, 0.2) is 11.5 Å². The smallest absolute Gasteiger partial charge is 0.203 e. The Hall–Kier alpha value is -1.68. The Morgan fingerprint density at radius 2 is 1.76 bits per heavy atom. The summed E-state index contributed by atoms with van der Waals surface area (Å²) in [5.74, 6) is 1.99. The van der Waals surface area contributed by atoms with Gasteiger partial charge in [-0.3, -0.25) is 0 Å². The summed E-state index contributed by atoms with van der Waals surface area (Å²) < 4.78 is 16.7. The molecule has 0 radical (unpaired) electrons. The third-order valence-electron chi connectivity index (χ3n) is 3.16. The Labute approximate surface area is 128 Å². The van der Waals surface area contributed by atoms with E-state index >= 15 is 0 Å². The molecule has 0 spiro atoms. The number of hydrogen-bond acceptors (Lipinski definition) is 4. The first-order valence-corrected chi connectivity index (χ1v) is 7.29. The molecule has 1 aromatic carbocycles. The van der Waals surface area contributed by atoms with Crippen LogP contribution in [0.1, 0.15) is 32.8 Å². The van der Waals surface area contributed by atoms with E-state index in [-0.39, 0.29) is 0 Å². The van der Waals surface area contributed by atoms with Crippen LogP contribution in [0.15, 0.2) is 24.3 Å². The molecule has 21 heavy (non-hydrogen) atoms. The Balaban J connectivity index is 2.97. The minimum absolute atomic E-state index is 0.422. The molecule has 1 N–H and O–H groups in total. The number of benzene rings is 1. The lowest BCUT2D eigenvalue weighted by molar-refractivity contribution is 0.293. The molecule has 0 amide bonds. The van der Waals surface area contributed by atoms with Gasteiger partial charge < -0.3 is 19.5 Å². The number of methoxy groups -OCH3 is 2. The molecule has 1 rings (SSSR count). The lowest BCUT2D eigenvalue weighted by atomic mass is 10.1. The highest BCUT2D eigenvalue weighted by molar-refractivity contribution is 5.54. The van der Waals surface area contributed by atoms with Crippen LogP contribution < -0.4 is 19.5 Å². The lowest BCUT2D eigenvalue weighted by Crippen LogP contribution is -2.21. The van der Waals surface area contributed by atoms with Gasteiger partial charge in [-0.05, 0) is 29.7 Å². The highest BCUT2D eigenvalue weighted by atomic mass is 16.5. The molecule has 0 saturated heterocycles. The van der Waals surface area contributed by atoms with E-state index in [9.17, 15) is 0 Å². The van der Waals surface area contributed by atoms with Gasteiger partial charge in [0, 0.05) is 12.6 Å². The molecule has 118 valence electrons. The number of ether oxygens (including phenoxy) is 3. The summed E-state index contributed by atoms with van der Waals surface area (Å²) in [5.41, 5.74) is 2.13. The van der Waals surface area contributed by atoms with Crippen molar-refractivity contribution in [3.05, 3.63) is 29.8 Å². The van der Waals surface area contributed by atoms with Gasteiger partial charge in [0.2, 0.25) is 5.75 Å². The fourth-order valence-electron chi connectivity index (χ4n) is 1.78. The van der Waals surface area contributed by atoms with Gasteiger partial charge in [0.25, 0.3) is 0 Å². The van der Waals surface area contributed by atoms with Crippen molar-refractivity contribution in [1.82, 2.24) is 5.32 Å². The van der Waals surface area contributed by atoms with E-state index in [2.05, 4.69) is 32.7 Å². The van der Waals surface area contributed by atoms with E-state index in [1.54, 1.807) is 14.2 Å². The average molecular weight is 293 g/mol. The summed E-state index contributed by atoms with van der Waals surface area (Å²) >= 11 is 0. The third kappa shape index (κ3) is 5.31. The Bertz CT molecular complexity index is 444. The molecule has 0 aliphatic heterocycles. The maximum Gasteiger partial charge on any atom is 0.203 e. The van der Waals surface area contributed by atoms with Crippen molar-refractivity contribution in [3.63, 3.8) is 0 Å². The van der Waals surface area contributed by atoms with E-state index in [0.717, 1.165) is 24.1 Å². The van der Waals surface area contributed by atoms with Crippen molar-refractivity contribution in [3.8, 4) is 17.2 Å². The summed E-state index contributed by atoms with van der Waals surface area (Å²) in [7, 11) is 3.27. The standard InChI is InChI=1S/C17H27NO3/c1-7-13(4)11-21-17-15(19-5)8-14(9-16(17)20-6)10-18-12(2)3/h8-9,12,18H,4,7,10-11H2,1-3,5-6H3. The number of hydrogen-bond donors (Lipinski definition) is 1. The predicted octanol–water partition coefficient (Wildman–Crippen LogP) is 3.55. The summed E-state index contributed by atoms with van der Waals surface area (Å²) in [5, 5.41) is 3.38. The quantitative estimate of drug-likeness (QED) is 0.707. The predicted molar refractivity (Wildman–Crippen MR) is 86.4 cm³/mol. The highest BCUT2D eigenvalue weighted by Crippen LogP contribution is 2.38. The molecule has 0 unspecified atom stereocenters. The van der Waals surface area contributed by atoms with Gasteiger partial charge in [-0.25, -0.2) is 0 Å². The van der Waals surface area contributed by atoms with Crippen LogP contribution in [0.5, 0.6) is 17.2 Å². The van der Waals surface area contributed by atoms with Crippen LogP contribution in [0.25, 0.3) is 0 Å². The van der Waals surface area contributed by atoms with Crippen LogP contribution in [-0.2, 0) is 6.54 Å². The van der Waals surface area contributed by atoms with Gasteiger partial charge in [-0.2, -0.15) is 0 Å². The van der Waals surface area contributed by atoms with E-state index in [1.165, 1.54) is 0 Å². The van der Waals surface area contributed by atoms with Crippen LogP contribution in [-0.4, -0.2) is 26.9 Å². The monoisotopic (exact) mass is 293 g/mol. The fourth-order valence-corrected chi connectivity index (χ4v) is 1.78. The maximum absolute atomic E-state index is 5.81. The summed E-state index contributed by atoms with van der Waals surface area (Å²) in [4.78, 5) is 0. The zero-order chi connectivity index (χ0) is 15.8. The summed E-state index contributed by atoms with van der Waals surface area (Å²) in [6.45, 7) is 11.5. The molecule has 0 atom stereocenters. The van der Waals surface area contributed by atoms with Crippen molar-refractivity contribution >= 4 is 0 Å². The van der Waals surface area contributed by atoms with Crippen LogP contribution in [0, 0.1) is 0 Å². The largest absolute Gasteiger partial charge is 0.493 e. The van der Waals surface area contributed by atoms with E-state index < -0.39 is 0 Å². The highest BCUT2D eigenvalue weighted by Gasteiger charge is 2.14. The number of rotatable bonds is 9. The Morgan fingerprint density at radius 1 is 1.19 bits per heavy atom. The molecule has 4 nitrogen and oxygen atoms in total. The third-order valence-corrected chi connectivity index (χ3v) is 3.16. The lowest BCUT2D eigenvalue weighted by Gasteiger charge is -2.17. The van der Waals surface area contributed by atoms with Crippen LogP contribution in [0.2, 0.25) is 0 Å². The van der Waals surface area contributed by atoms with Crippen molar-refractivity contribution in [2.24, 2.45) is 0 Å². The van der Waals surface area contributed by atoms with Crippen molar-refractivity contribution in [1.29, 1.82) is 0 Å². The summed E-state index contributed by atoms with van der Waals surface area (Å²) in [6.07, 6.45) is 0.890. The van der Waals surface area contributed by atoms with Gasteiger partial charge in [0.1, 0.15) is 6.61 Å². The SMILES string of the molecule is C=C(CC)COc1c(OC)cc(CNC(C)C)cc1OC. The van der Waals surface area contributed by atoms with E-state index in [0.29, 0.717) is 29.9 Å². The van der Waals surface area contributed by atoms with Crippen molar-refractivity contribution in [2.45, 2.75) is 39.8 Å². The molecule has 0 aliphatic rings. The van der Waals surface area contributed by atoms with Crippen LogP contribution in [0.3, 0.4) is 0 Å². The van der Waals surface area contributed by atoms with Crippen LogP contribution >= 0.6 is 0 Å². The molecule has 0 bridgehead atoms. The van der Waals surface area contributed by atoms with Gasteiger partial charge in [-0.15, -0.1) is 0 Å². The minimum Gasteiger partial charge on any atom is -0.493 e. The van der Waals surface area contributed by atoms with E-state index in [1.807, 2.05) is 12.1 Å². The first kappa shape index (κ1) is 17.4. The number of nitrogens with one attached hydrogen (secondary N) is 1. The topological polar surface area (TPSA) is 39.7 Å². The molecule has 0 aromatic heterocycles. The second-order valence-electron chi connectivity index (χ2n) is 5.26. The summed E-state index contributed by atoms with van der Waals surface area (Å²) in [6, 6.07) is 4.37. The molecule has 0 aliphatic carbocycles. The first-order chi connectivity index (χ1) is 10.0. The zero-order valence-corrected chi connectivity index (χ0v) is 13.8. The normalized spacial score (nSPS) is 10.6. The van der Waals surface area contributed by atoms with Gasteiger partial charge >= 0.3 is 0 Å². The fraction of sp³-hybridized carbons (Fsp3) is 0.529. The van der Waals surface area contributed by atoms with Crippen LogP contribution in [0.4, 0.5) is 0 Å². The Morgan fingerprint density at radius 3 is 2.19 bits per heavy atom.